The fourth-order valence-electron chi connectivity index (χ4n) is 5.73. The summed E-state index contributed by atoms with van der Waals surface area (Å²) in [5.41, 5.74) is 4.72. The lowest BCUT2D eigenvalue weighted by molar-refractivity contribution is -0.138. The maximum atomic E-state index is 12.6. The first-order valence-corrected chi connectivity index (χ1v) is 12.6. The minimum Gasteiger partial charge on any atom is -0.481 e. The van der Waals surface area contributed by atoms with E-state index in [9.17, 15) is 14.4 Å². The zero-order chi connectivity index (χ0) is 24.4. The molecule has 2 aromatic rings. The largest absolute Gasteiger partial charge is 0.481 e. The molecule has 0 radical (unpaired) electrons. The fraction of sp³-hybridized carbons (Fsp3) is 0.464. The van der Waals surface area contributed by atoms with Gasteiger partial charge < -0.3 is 20.5 Å². The summed E-state index contributed by atoms with van der Waals surface area (Å²) >= 11 is 0. The highest BCUT2D eigenvalue weighted by atomic mass is 16.5. The Morgan fingerprint density at radius 1 is 0.943 bits per heavy atom. The zero-order valence-corrected chi connectivity index (χ0v) is 19.7. The Bertz CT molecular complexity index is 1070. The molecule has 3 aliphatic carbocycles. The number of hydrogen-bond donors (Lipinski definition) is 3. The number of alkyl carbamates (subject to hydrolysis) is 1. The van der Waals surface area contributed by atoms with Crippen LogP contribution in [0.3, 0.4) is 0 Å². The number of carboxylic acid groups (broad SMARTS) is 1. The van der Waals surface area contributed by atoms with Crippen molar-refractivity contribution in [2.75, 3.05) is 13.2 Å². The molecule has 7 heteroatoms. The number of hydrogen-bond acceptors (Lipinski definition) is 4. The Morgan fingerprint density at radius 2 is 1.60 bits per heavy atom. The van der Waals surface area contributed by atoms with Gasteiger partial charge in [-0.1, -0.05) is 48.5 Å². The number of benzene rings is 2. The molecule has 3 aliphatic rings. The number of fused-ring (bicyclic) bond motifs is 3. The number of amides is 2. The number of ether oxygens (including phenoxy) is 1. The van der Waals surface area contributed by atoms with Crippen LogP contribution in [0.5, 0.6) is 0 Å². The van der Waals surface area contributed by atoms with Gasteiger partial charge in [-0.2, -0.15) is 0 Å². The lowest BCUT2D eigenvalue weighted by Gasteiger charge is -2.18. The van der Waals surface area contributed by atoms with Crippen LogP contribution in [-0.2, 0) is 14.3 Å². The standard InChI is InChI=1S/C28H32N2O5/c31-26(32)14-19(17-9-10-17)15-29-27(33)18-11-12-20(13-18)30-28(34)35-16-25-23-7-3-1-5-21(23)22-6-2-4-8-24(22)25/h1-8,17-20,25H,9-16H2,(H,29,33)(H,30,34)(H,31,32). The van der Waals surface area contributed by atoms with Crippen LogP contribution in [0.4, 0.5) is 4.79 Å². The molecule has 5 rings (SSSR count). The van der Waals surface area contributed by atoms with E-state index in [0.717, 1.165) is 19.3 Å². The summed E-state index contributed by atoms with van der Waals surface area (Å²) in [5, 5.41) is 15.0. The quantitative estimate of drug-likeness (QED) is 0.500. The van der Waals surface area contributed by atoms with Gasteiger partial charge in [0.1, 0.15) is 6.61 Å². The third-order valence-electron chi connectivity index (χ3n) is 7.73. The van der Waals surface area contributed by atoms with Gasteiger partial charge in [-0.25, -0.2) is 4.79 Å². The third kappa shape index (κ3) is 5.34. The van der Waals surface area contributed by atoms with Crippen molar-refractivity contribution in [3.8, 4) is 11.1 Å². The molecule has 3 unspecified atom stereocenters. The maximum absolute atomic E-state index is 12.6. The molecule has 0 heterocycles. The van der Waals surface area contributed by atoms with Crippen molar-refractivity contribution in [3.05, 3.63) is 59.7 Å². The molecular weight excluding hydrogens is 444 g/mol. The highest BCUT2D eigenvalue weighted by molar-refractivity contribution is 5.80. The van der Waals surface area contributed by atoms with Crippen LogP contribution in [-0.4, -0.2) is 42.3 Å². The first kappa shape index (κ1) is 23.4. The van der Waals surface area contributed by atoms with E-state index >= 15 is 0 Å². The highest BCUT2D eigenvalue weighted by Gasteiger charge is 2.35. The maximum Gasteiger partial charge on any atom is 0.407 e. The van der Waals surface area contributed by atoms with E-state index < -0.39 is 12.1 Å². The van der Waals surface area contributed by atoms with Gasteiger partial charge in [-0.05, 0) is 66.2 Å². The molecule has 184 valence electrons. The van der Waals surface area contributed by atoms with Crippen molar-refractivity contribution in [3.63, 3.8) is 0 Å². The van der Waals surface area contributed by atoms with Gasteiger partial charge in [-0.3, -0.25) is 9.59 Å². The number of aliphatic carboxylic acids is 1. The summed E-state index contributed by atoms with van der Waals surface area (Å²) in [6, 6.07) is 16.4. The van der Waals surface area contributed by atoms with Crippen LogP contribution in [0, 0.1) is 17.8 Å². The van der Waals surface area contributed by atoms with Crippen LogP contribution in [0.1, 0.15) is 55.6 Å². The molecule has 0 bridgehead atoms. The average Bonchev–Trinajstić information content (AvgIpc) is 3.51. The van der Waals surface area contributed by atoms with Crippen LogP contribution in [0.25, 0.3) is 11.1 Å². The average molecular weight is 477 g/mol. The summed E-state index contributed by atoms with van der Waals surface area (Å²) < 4.78 is 5.64. The van der Waals surface area contributed by atoms with E-state index in [1.165, 1.54) is 22.3 Å². The molecule has 0 spiro atoms. The zero-order valence-electron chi connectivity index (χ0n) is 19.7. The smallest absolute Gasteiger partial charge is 0.407 e. The second-order valence-electron chi connectivity index (χ2n) is 10.1. The SMILES string of the molecule is O=C(O)CC(CNC(=O)C1CCC(NC(=O)OCC2c3ccccc3-c3ccccc32)C1)C1CC1. The Kier molecular flexibility index (Phi) is 6.75. The van der Waals surface area contributed by atoms with E-state index in [2.05, 4.69) is 34.9 Å². The number of rotatable bonds is 9. The summed E-state index contributed by atoms with van der Waals surface area (Å²) in [5.74, 6) is -0.591. The van der Waals surface area contributed by atoms with Crippen molar-refractivity contribution in [2.24, 2.45) is 17.8 Å². The molecular formula is C28H32N2O5. The van der Waals surface area contributed by atoms with Crippen LogP contribution in [0.15, 0.2) is 48.5 Å². The number of nitrogens with one attached hydrogen (secondary N) is 2. The van der Waals surface area contributed by atoms with Crippen molar-refractivity contribution in [2.45, 2.75) is 50.5 Å². The third-order valence-corrected chi connectivity index (χ3v) is 7.73. The van der Waals surface area contributed by atoms with E-state index in [1.54, 1.807) is 0 Å². The molecule has 3 N–H and O–H groups in total. The van der Waals surface area contributed by atoms with Crippen molar-refractivity contribution in [1.29, 1.82) is 0 Å². The fourth-order valence-corrected chi connectivity index (χ4v) is 5.73. The molecule has 7 nitrogen and oxygen atoms in total. The summed E-state index contributed by atoms with van der Waals surface area (Å²) in [6.07, 6.45) is 3.74. The first-order chi connectivity index (χ1) is 17.0. The summed E-state index contributed by atoms with van der Waals surface area (Å²) in [4.78, 5) is 36.3. The van der Waals surface area contributed by atoms with E-state index in [1.807, 2.05) is 24.3 Å². The molecule has 35 heavy (non-hydrogen) atoms. The molecule has 2 saturated carbocycles. The van der Waals surface area contributed by atoms with E-state index in [0.29, 0.717) is 25.3 Å². The highest BCUT2D eigenvalue weighted by Crippen LogP contribution is 2.44. The molecule has 2 amide bonds. The van der Waals surface area contributed by atoms with Gasteiger partial charge in [0, 0.05) is 24.4 Å². The van der Waals surface area contributed by atoms with Crippen LogP contribution < -0.4 is 10.6 Å². The number of carbonyl (C=O) groups is 3. The number of carbonyl (C=O) groups excluding carboxylic acids is 2. The van der Waals surface area contributed by atoms with Gasteiger partial charge in [0.25, 0.3) is 0 Å². The molecule has 2 aromatic carbocycles. The molecule has 0 aromatic heterocycles. The van der Waals surface area contributed by atoms with E-state index in [-0.39, 0.29) is 42.7 Å². The predicted octanol–water partition coefficient (Wildman–Crippen LogP) is 4.31. The summed E-state index contributed by atoms with van der Waals surface area (Å²) in [6.45, 7) is 0.680. The second-order valence-corrected chi connectivity index (χ2v) is 10.1. The molecule has 0 saturated heterocycles. The lowest BCUT2D eigenvalue weighted by atomic mass is 9.98. The monoisotopic (exact) mass is 476 g/mol. The molecule has 0 aliphatic heterocycles. The van der Waals surface area contributed by atoms with Gasteiger partial charge >= 0.3 is 12.1 Å². The van der Waals surface area contributed by atoms with Crippen molar-refractivity contribution in [1.82, 2.24) is 10.6 Å². The lowest BCUT2D eigenvalue weighted by Crippen LogP contribution is -2.37. The van der Waals surface area contributed by atoms with E-state index in [4.69, 9.17) is 9.84 Å². The van der Waals surface area contributed by atoms with Crippen LogP contribution >= 0.6 is 0 Å². The van der Waals surface area contributed by atoms with Crippen molar-refractivity contribution < 1.29 is 24.2 Å². The van der Waals surface area contributed by atoms with Crippen LogP contribution in [0.2, 0.25) is 0 Å². The minimum atomic E-state index is -0.815. The van der Waals surface area contributed by atoms with Gasteiger partial charge in [0.05, 0.1) is 6.42 Å². The van der Waals surface area contributed by atoms with Crippen molar-refractivity contribution >= 4 is 18.0 Å². The Morgan fingerprint density at radius 3 is 2.23 bits per heavy atom. The predicted molar refractivity (Wildman–Crippen MR) is 131 cm³/mol. The van der Waals surface area contributed by atoms with Gasteiger partial charge in [-0.15, -0.1) is 0 Å². The number of carboxylic acids is 1. The molecule has 3 atom stereocenters. The second kappa shape index (κ2) is 10.1. The van der Waals surface area contributed by atoms with Gasteiger partial charge in [0.2, 0.25) is 5.91 Å². The Hall–Kier alpha value is -3.35. The van der Waals surface area contributed by atoms with Gasteiger partial charge in [0.15, 0.2) is 0 Å². The Labute approximate surface area is 205 Å². The molecule has 2 fully saturated rings. The normalized spacial score (nSPS) is 21.6. The topological polar surface area (TPSA) is 105 Å². The Balaban J connectivity index is 1.09. The minimum absolute atomic E-state index is 0.00704. The first-order valence-electron chi connectivity index (χ1n) is 12.6. The summed E-state index contributed by atoms with van der Waals surface area (Å²) in [7, 11) is 0.